The van der Waals surface area contributed by atoms with Gasteiger partial charge in [0, 0.05) is 11.6 Å². The second-order valence-corrected chi connectivity index (χ2v) is 3.88. The first kappa shape index (κ1) is 12.7. The van der Waals surface area contributed by atoms with E-state index >= 15 is 0 Å². The minimum atomic E-state index is -0.210. The second kappa shape index (κ2) is 5.29. The number of benzene rings is 1. The summed E-state index contributed by atoms with van der Waals surface area (Å²) in [7, 11) is 3.04. The summed E-state index contributed by atoms with van der Waals surface area (Å²) in [4.78, 5) is 0. The van der Waals surface area contributed by atoms with Gasteiger partial charge in [0.2, 0.25) is 0 Å². The molecule has 0 fully saturated rings. The average molecular weight is 270 g/mol. The van der Waals surface area contributed by atoms with Gasteiger partial charge < -0.3 is 19.1 Å². The molecule has 96 valence electrons. The molecule has 2 rings (SSSR count). The Morgan fingerprint density at radius 1 is 1.33 bits per heavy atom. The standard InChI is InChI=1S/C12H12ClNO4/c1-16-10-4-3-8(11(13)12(10)17-2)9-5-7(6-15)18-14-9/h3-5,15H,6H2,1-2H3. The van der Waals surface area contributed by atoms with Crippen LogP contribution >= 0.6 is 11.6 Å². The van der Waals surface area contributed by atoms with Crippen LogP contribution in [0.4, 0.5) is 0 Å². The molecule has 0 aliphatic carbocycles. The number of hydrogen-bond donors (Lipinski definition) is 1. The van der Waals surface area contributed by atoms with E-state index < -0.39 is 0 Å². The van der Waals surface area contributed by atoms with E-state index in [0.717, 1.165) is 0 Å². The van der Waals surface area contributed by atoms with Crippen LogP contribution in [0.3, 0.4) is 0 Å². The first-order valence-corrected chi connectivity index (χ1v) is 5.56. The molecule has 18 heavy (non-hydrogen) atoms. The Hall–Kier alpha value is -1.72. The van der Waals surface area contributed by atoms with Gasteiger partial charge in [-0.25, -0.2) is 0 Å². The van der Waals surface area contributed by atoms with Gasteiger partial charge in [0.05, 0.1) is 19.2 Å². The van der Waals surface area contributed by atoms with Crippen LogP contribution in [-0.4, -0.2) is 24.5 Å². The Kier molecular flexibility index (Phi) is 3.74. The summed E-state index contributed by atoms with van der Waals surface area (Å²) in [6, 6.07) is 5.10. The topological polar surface area (TPSA) is 64.7 Å². The molecule has 0 unspecified atom stereocenters. The molecule has 0 spiro atoms. The largest absolute Gasteiger partial charge is 0.493 e. The zero-order chi connectivity index (χ0) is 13.1. The number of ether oxygens (including phenoxy) is 2. The molecule has 2 aromatic rings. The number of hydrogen-bond acceptors (Lipinski definition) is 5. The summed E-state index contributed by atoms with van der Waals surface area (Å²) >= 11 is 6.23. The summed E-state index contributed by atoms with van der Waals surface area (Å²) in [5.74, 6) is 1.35. The third-order valence-electron chi connectivity index (χ3n) is 2.48. The summed E-state index contributed by atoms with van der Waals surface area (Å²) < 4.78 is 15.3. The summed E-state index contributed by atoms with van der Waals surface area (Å²) in [5.41, 5.74) is 1.18. The summed E-state index contributed by atoms with van der Waals surface area (Å²) in [6.45, 7) is -0.210. The Labute approximate surface area is 109 Å². The van der Waals surface area contributed by atoms with E-state index in [1.165, 1.54) is 14.2 Å². The van der Waals surface area contributed by atoms with Crippen LogP contribution in [0, 0.1) is 0 Å². The summed E-state index contributed by atoms with van der Waals surface area (Å²) in [5, 5.41) is 13.2. The predicted molar refractivity (Wildman–Crippen MR) is 66.0 cm³/mol. The molecule has 0 saturated heterocycles. The molecule has 0 atom stereocenters. The van der Waals surface area contributed by atoms with Crippen LogP contribution in [0.25, 0.3) is 11.3 Å². The van der Waals surface area contributed by atoms with Crippen molar-refractivity contribution in [1.82, 2.24) is 5.16 Å². The highest BCUT2D eigenvalue weighted by atomic mass is 35.5. The maximum atomic E-state index is 8.94. The molecule has 0 saturated carbocycles. The van der Waals surface area contributed by atoms with Gasteiger partial charge in [-0.1, -0.05) is 16.8 Å². The maximum Gasteiger partial charge on any atom is 0.180 e. The number of aliphatic hydroxyl groups is 1. The number of aliphatic hydroxyl groups excluding tert-OH is 1. The predicted octanol–water partition coefficient (Wildman–Crippen LogP) is 2.50. The average Bonchev–Trinajstić information content (AvgIpc) is 2.86. The minimum Gasteiger partial charge on any atom is -0.493 e. The van der Waals surface area contributed by atoms with Crippen molar-refractivity contribution in [2.75, 3.05) is 14.2 Å². The SMILES string of the molecule is COc1ccc(-c2cc(CO)on2)c(Cl)c1OC. The first-order valence-electron chi connectivity index (χ1n) is 5.18. The molecule has 1 aromatic carbocycles. The van der Waals surface area contributed by atoms with Crippen LogP contribution in [0.15, 0.2) is 22.7 Å². The highest BCUT2D eigenvalue weighted by molar-refractivity contribution is 6.35. The molecule has 0 bridgehead atoms. The van der Waals surface area contributed by atoms with Crippen LogP contribution in [0.1, 0.15) is 5.76 Å². The van der Waals surface area contributed by atoms with Gasteiger partial charge in [-0.2, -0.15) is 0 Å². The normalized spacial score (nSPS) is 10.4. The van der Waals surface area contributed by atoms with E-state index in [1.807, 2.05) is 0 Å². The third kappa shape index (κ3) is 2.14. The van der Waals surface area contributed by atoms with Crippen LogP contribution < -0.4 is 9.47 Å². The van der Waals surface area contributed by atoms with Crippen molar-refractivity contribution in [2.24, 2.45) is 0 Å². The number of rotatable bonds is 4. The number of methoxy groups -OCH3 is 2. The molecule has 1 N–H and O–H groups in total. The molecule has 1 heterocycles. The van der Waals surface area contributed by atoms with Crippen molar-refractivity contribution in [3.05, 3.63) is 29.0 Å². The molecular weight excluding hydrogens is 258 g/mol. The fourth-order valence-corrected chi connectivity index (χ4v) is 1.93. The molecule has 5 nitrogen and oxygen atoms in total. The maximum absolute atomic E-state index is 8.94. The zero-order valence-corrected chi connectivity index (χ0v) is 10.7. The lowest BCUT2D eigenvalue weighted by molar-refractivity contribution is 0.229. The number of aromatic nitrogens is 1. The van der Waals surface area contributed by atoms with Gasteiger partial charge in [-0.3, -0.25) is 0 Å². The third-order valence-corrected chi connectivity index (χ3v) is 2.85. The van der Waals surface area contributed by atoms with Gasteiger partial charge in [0.25, 0.3) is 0 Å². The van der Waals surface area contributed by atoms with Crippen molar-refractivity contribution in [2.45, 2.75) is 6.61 Å². The lowest BCUT2D eigenvalue weighted by atomic mass is 10.1. The lowest BCUT2D eigenvalue weighted by Gasteiger charge is -2.11. The number of halogens is 1. The van der Waals surface area contributed by atoms with Crippen molar-refractivity contribution >= 4 is 11.6 Å². The second-order valence-electron chi connectivity index (χ2n) is 3.50. The monoisotopic (exact) mass is 269 g/mol. The van der Waals surface area contributed by atoms with E-state index in [1.54, 1.807) is 18.2 Å². The molecule has 6 heteroatoms. The van der Waals surface area contributed by atoms with E-state index in [0.29, 0.717) is 33.5 Å². The molecule has 0 amide bonds. The highest BCUT2D eigenvalue weighted by Crippen LogP contribution is 2.41. The molecule has 0 radical (unpaired) electrons. The highest BCUT2D eigenvalue weighted by Gasteiger charge is 2.16. The van der Waals surface area contributed by atoms with Crippen LogP contribution in [-0.2, 0) is 6.61 Å². The van der Waals surface area contributed by atoms with E-state index in [9.17, 15) is 0 Å². The van der Waals surface area contributed by atoms with Gasteiger partial charge in [0.1, 0.15) is 12.3 Å². The molecule has 1 aromatic heterocycles. The molecule has 0 aliphatic rings. The van der Waals surface area contributed by atoms with Crippen molar-refractivity contribution in [3.63, 3.8) is 0 Å². The zero-order valence-electron chi connectivity index (χ0n) is 9.94. The Bertz CT molecular complexity index is 553. The van der Waals surface area contributed by atoms with Gasteiger partial charge in [-0.05, 0) is 12.1 Å². The smallest absolute Gasteiger partial charge is 0.180 e. The Balaban J connectivity index is 2.51. The van der Waals surface area contributed by atoms with Gasteiger partial charge >= 0.3 is 0 Å². The summed E-state index contributed by atoms with van der Waals surface area (Å²) in [6.07, 6.45) is 0. The van der Waals surface area contributed by atoms with E-state index in [4.69, 9.17) is 30.7 Å². The van der Waals surface area contributed by atoms with E-state index in [-0.39, 0.29) is 6.61 Å². The quantitative estimate of drug-likeness (QED) is 0.924. The fraction of sp³-hybridized carbons (Fsp3) is 0.250. The van der Waals surface area contributed by atoms with Crippen LogP contribution in [0.5, 0.6) is 11.5 Å². The fourth-order valence-electron chi connectivity index (χ4n) is 1.60. The number of nitrogens with zero attached hydrogens (tertiary/aromatic N) is 1. The minimum absolute atomic E-state index is 0.210. The first-order chi connectivity index (χ1) is 8.71. The lowest BCUT2D eigenvalue weighted by Crippen LogP contribution is -1.92. The van der Waals surface area contributed by atoms with Crippen molar-refractivity contribution in [3.8, 4) is 22.8 Å². The molecule has 0 aliphatic heterocycles. The molecular formula is C12H12ClNO4. The van der Waals surface area contributed by atoms with Crippen molar-refractivity contribution in [1.29, 1.82) is 0 Å². The van der Waals surface area contributed by atoms with Crippen LogP contribution in [0.2, 0.25) is 5.02 Å². The Morgan fingerprint density at radius 2 is 2.11 bits per heavy atom. The van der Waals surface area contributed by atoms with Gasteiger partial charge in [-0.15, -0.1) is 0 Å². The van der Waals surface area contributed by atoms with E-state index in [2.05, 4.69) is 5.16 Å². The van der Waals surface area contributed by atoms with Crippen molar-refractivity contribution < 1.29 is 19.1 Å². The Morgan fingerprint density at radius 3 is 2.67 bits per heavy atom. The van der Waals surface area contributed by atoms with Gasteiger partial charge in [0.15, 0.2) is 17.3 Å².